The number of esters is 1. The Hall–Kier alpha value is -1.14. The molecule has 158 valence electrons. The first kappa shape index (κ1) is 23.1. The van der Waals surface area contributed by atoms with E-state index in [1.165, 1.54) is 56.1 Å². The van der Waals surface area contributed by atoms with Crippen LogP contribution in [-0.2, 0) is 17.6 Å². The summed E-state index contributed by atoms with van der Waals surface area (Å²) in [6.07, 6.45) is 13.0. The molecule has 0 saturated heterocycles. The SMILES string of the molecule is CCCCCCN(CCCCCC)C(=S)Nc1sc2c(c1C(=O)OC)CCC2. The summed E-state index contributed by atoms with van der Waals surface area (Å²) in [5.74, 6) is -0.248. The van der Waals surface area contributed by atoms with Crippen molar-refractivity contribution in [1.29, 1.82) is 0 Å². The Kier molecular flexibility index (Phi) is 10.3. The molecule has 0 saturated carbocycles. The van der Waals surface area contributed by atoms with Crippen LogP contribution in [0.25, 0.3) is 0 Å². The minimum atomic E-state index is -0.248. The van der Waals surface area contributed by atoms with E-state index in [2.05, 4.69) is 24.1 Å². The molecule has 0 spiro atoms. The van der Waals surface area contributed by atoms with Gasteiger partial charge in [-0.25, -0.2) is 4.79 Å². The molecule has 28 heavy (non-hydrogen) atoms. The maximum absolute atomic E-state index is 12.4. The fourth-order valence-electron chi connectivity index (χ4n) is 3.76. The van der Waals surface area contributed by atoms with Crippen molar-refractivity contribution in [2.45, 2.75) is 84.5 Å². The van der Waals surface area contributed by atoms with Crippen LogP contribution in [0.2, 0.25) is 0 Å². The molecule has 0 amide bonds. The lowest BCUT2D eigenvalue weighted by atomic mass is 10.1. The van der Waals surface area contributed by atoms with E-state index in [9.17, 15) is 4.79 Å². The molecule has 0 unspecified atom stereocenters. The summed E-state index contributed by atoms with van der Waals surface area (Å²) in [4.78, 5) is 16.0. The van der Waals surface area contributed by atoms with E-state index >= 15 is 0 Å². The average Bonchev–Trinajstić information content (AvgIpc) is 3.26. The van der Waals surface area contributed by atoms with Gasteiger partial charge in [0, 0.05) is 18.0 Å². The van der Waals surface area contributed by atoms with E-state index in [4.69, 9.17) is 17.0 Å². The molecular formula is C22H36N2O2S2. The van der Waals surface area contributed by atoms with Crippen molar-refractivity contribution < 1.29 is 9.53 Å². The third kappa shape index (κ3) is 6.45. The van der Waals surface area contributed by atoms with E-state index in [0.29, 0.717) is 5.56 Å². The molecule has 1 aromatic heterocycles. The molecule has 0 bridgehead atoms. The Labute approximate surface area is 180 Å². The Morgan fingerprint density at radius 3 is 2.29 bits per heavy atom. The van der Waals surface area contributed by atoms with Crippen LogP contribution in [0.3, 0.4) is 0 Å². The van der Waals surface area contributed by atoms with Crippen LogP contribution in [0, 0.1) is 0 Å². The molecule has 0 aromatic carbocycles. The zero-order valence-corrected chi connectivity index (χ0v) is 19.4. The summed E-state index contributed by atoms with van der Waals surface area (Å²) in [5, 5.41) is 5.03. The number of hydrogen-bond donors (Lipinski definition) is 1. The van der Waals surface area contributed by atoms with Crippen LogP contribution in [0.15, 0.2) is 0 Å². The number of methoxy groups -OCH3 is 1. The number of aryl methyl sites for hydroxylation is 1. The average molecular weight is 425 g/mol. The molecule has 1 aliphatic rings. The fraction of sp³-hybridized carbons (Fsp3) is 0.727. The Morgan fingerprint density at radius 1 is 1.07 bits per heavy atom. The highest BCUT2D eigenvalue weighted by Gasteiger charge is 2.28. The molecule has 1 aliphatic carbocycles. The van der Waals surface area contributed by atoms with Gasteiger partial charge in [0.2, 0.25) is 0 Å². The summed E-state index contributed by atoms with van der Waals surface area (Å²) in [6, 6.07) is 0. The van der Waals surface area contributed by atoms with Crippen LogP contribution in [0.5, 0.6) is 0 Å². The van der Waals surface area contributed by atoms with Gasteiger partial charge >= 0.3 is 5.97 Å². The lowest BCUT2D eigenvalue weighted by molar-refractivity contribution is 0.0601. The van der Waals surface area contributed by atoms with Gasteiger partial charge in [0.05, 0.1) is 12.7 Å². The zero-order valence-electron chi connectivity index (χ0n) is 17.8. The number of thiocarbonyl (C=S) groups is 1. The predicted molar refractivity (Wildman–Crippen MR) is 124 cm³/mol. The zero-order chi connectivity index (χ0) is 20.4. The fourth-order valence-corrected chi connectivity index (χ4v) is 5.39. The number of carbonyl (C=O) groups is 1. The molecule has 0 atom stereocenters. The number of hydrogen-bond acceptors (Lipinski definition) is 4. The van der Waals surface area contributed by atoms with Gasteiger partial charge in [-0.1, -0.05) is 52.4 Å². The Morgan fingerprint density at radius 2 is 1.71 bits per heavy atom. The van der Waals surface area contributed by atoms with E-state index in [1.807, 2.05) is 0 Å². The van der Waals surface area contributed by atoms with E-state index < -0.39 is 0 Å². The summed E-state index contributed by atoms with van der Waals surface area (Å²) in [7, 11) is 1.46. The molecular weight excluding hydrogens is 388 g/mol. The third-order valence-electron chi connectivity index (χ3n) is 5.38. The molecule has 6 heteroatoms. The number of unbranched alkanes of at least 4 members (excludes halogenated alkanes) is 6. The highest BCUT2D eigenvalue weighted by Crippen LogP contribution is 2.39. The second-order valence-electron chi connectivity index (χ2n) is 7.59. The van der Waals surface area contributed by atoms with Gasteiger partial charge in [-0.05, 0) is 49.9 Å². The minimum Gasteiger partial charge on any atom is -0.465 e. The summed E-state index contributed by atoms with van der Waals surface area (Å²) < 4.78 is 5.06. The van der Waals surface area contributed by atoms with Crippen molar-refractivity contribution in [3.05, 3.63) is 16.0 Å². The molecule has 0 fully saturated rings. The number of nitrogens with zero attached hydrogens (tertiary/aromatic N) is 1. The first-order valence-electron chi connectivity index (χ1n) is 10.9. The number of carbonyl (C=O) groups excluding carboxylic acids is 1. The number of anilines is 1. The van der Waals surface area contributed by atoms with Crippen LogP contribution in [0.1, 0.15) is 92.4 Å². The number of thiophene rings is 1. The van der Waals surface area contributed by atoms with Gasteiger partial charge in [0.15, 0.2) is 5.11 Å². The van der Waals surface area contributed by atoms with Gasteiger partial charge in [-0.3, -0.25) is 0 Å². The normalized spacial score (nSPS) is 12.7. The first-order valence-corrected chi connectivity index (χ1v) is 12.1. The van der Waals surface area contributed by atoms with E-state index in [1.54, 1.807) is 11.3 Å². The van der Waals surface area contributed by atoms with Crippen molar-refractivity contribution in [1.82, 2.24) is 4.90 Å². The first-order chi connectivity index (χ1) is 13.6. The molecule has 1 N–H and O–H groups in total. The van der Waals surface area contributed by atoms with Crippen molar-refractivity contribution in [2.24, 2.45) is 0 Å². The van der Waals surface area contributed by atoms with Crippen molar-refractivity contribution >= 4 is 39.6 Å². The number of nitrogens with one attached hydrogen (secondary N) is 1. The predicted octanol–water partition coefficient (Wildman–Crippen LogP) is 6.18. The van der Waals surface area contributed by atoms with Gasteiger partial charge in [0.25, 0.3) is 0 Å². The van der Waals surface area contributed by atoms with Crippen LogP contribution < -0.4 is 5.32 Å². The largest absolute Gasteiger partial charge is 0.465 e. The maximum Gasteiger partial charge on any atom is 0.341 e. The maximum atomic E-state index is 12.4. The lowest BCUT2D eigenvalue weighted by Gasteiger charge is -2.26. The molecule has 1 heterocycles. The van der Waals surface area contributed by atoms with Gasteiger partial charge < -0.3 is 15.0 Å². The summed E-state index contributed by atoms with van der Waals surface area (Å²) >= 11 is 7.45. The molecule has 0 radical (unpaired) electrons. The summed E-state index contributed by atoms with van der Waals surface area (Å²) in [5.41, 5.74) is 1.87. The highest BCUT2D eigenvalue weighted by atomic mass is 32.1. The number of ether oxygens (including phenoxy) is 1. The van der Waals surface area contributed by atoms with Crippen molar-refractivity contribution in [3.8, 4) is 0 Å². The second kappa shape index (κ2) is 12.4. The molecule has 4 nitrogen and oxygen atoms in total. The molecule has 0 aliphatic heterocycles. The quantitative estimate of drug-likeness (QED) is 0.246. The molecule has 1 aromatic rings. The highest BCUT2D eigenvalue weighted by molar-refractivity contribution is 7.80. The van der Waals surface area contributed by atoms with E-state index in [0.717, 1.165) is 55.3 Å². The van der Waals surface area contributed by atoms with Crippen LogP contribution in [0.4, 0.5) is 5.00 Å². The number of fused-ring (bicyclic) bond motifs is 1. The topological polar surface area (TPSA) is 41.6 Å². The van der Waals surface area contributed by atoms with Crippen molar-refractivity contribution in [2.75, 3.05) is 25.5 Å². The van der Waals surface area contributed by atoms with Gasteiger partial charge in [-0.15, -0.1) is 11.3 Å². The van der Waals surface area contributed by atoms with Crippen LogP contribution >= 0.6 is 23.6 Å². The minimum absolute atomic E-state index is 0.248. The smallest absolute Gasteiger partial charge is 0.341 e. The van der Waals surface area contributed by atoms with Gasteiger partial charge in [0.1, 0.15) is 5.00 Å². The Balaban J connectivity index is 2.05. The lowest BCUT2D eigenvalue weighted by Crippen LogP contribution is -2.36. The third-order valence-corrected chi connectivity index (χ3v) is 6.95. The monoisotopic (exact) mass is 424 g/mol. The van der Waals surface area contributed by atoms with Crippen molar-refractivity contribution in [3.63, 3.8) is 0 Å². The Bertz CT molecular complexity index is 631. The standard InChI is InChI=1S/C22H36N2O2S2/c1-4-6-8-10-15-24(16-11-9-7-5-2)22(27)23-20-19(21(25)26-3)17-13-12-14-18(17)28-20/h4-16H2,1-3H3,(H,23,27). The van der Waals surface area contributed by atoms with E-state index in [-0.39, 0.29) is 5.97 Å². The number of rotatable bonds is 12. The molecule has 2 rings (SSSR count). The van der Waals surface area contributed by atoms with Gasteiger partial charge in [-0.2, -0.15) is 0 Å². The summed E-state index contributed by atoms with van der Waals surface area (Å²) in [6.45, 7) is 6.44. The van der Waals surface area contributed by atoms with Crippen LogP contribution in [-0.4, -0.2) is 36.2 Å². The second-order valence-corrected chi connectivity index (χ2v) is 9.08.